The number of imide groups is 1. The van der Waals surface area contributed by atoms with Crippen LogP contribution >= 0.6 is 0 Å². The minimum absolute atomic E-state index is 0.246. The monoisotopic (exact) mass is 364 g/mol. The fourth-order valence-electron chi connectivity index (χ4n) is 3.29. The predicted octanol–water partition coefficient (Wildman–Crippen LogP) is 3.32. The van der Waals surface area contributed by atoms with Crippen LogP contribution in [0.15, 0.2) is 60.3 Å². The van der Waals surface area contributed by atoms with E-state index >= 15 is 0 Å². The van der Waals surface area contributed by atoms with Crippen LogP contribution in [0.1, 0.15) is 25.0 Å². The van der Waals surface area contributed by atoms with E-state index in [2.05, 4.69) is 0 Å². The van der Waals surface area contributed by atoms with Crippen molar-refractivity contribution < 1.29 is 14.3 Å². The average molecular weight is 364 g/mol. The molecule has 3 rings (SSSR count). The summed E-state index contributed by atoms with van der Waals surface area (Å²) in [6.07, 6.45) is 0. The Kier molecular flexibility index (Phi) is 5.60. The number of hydrogen-bond donors (Lipinski definition) is 0. The molecule has 0 atom stereocenters. The number of amides is 2. The van der Waals surface area contributed by atoms with Crippen molar-refractivity contribution in [3.8, 4) is 5.75 Å². The summed E-state index contributed by atoms with van der Waals surface area (Å²) in [5.41, 5.74) is 2.69. The number of likely N-dealkylation sites (N-methyl/N-ethyl adjacent to an activating group) is 2. The molecule has 0 N–H and O–H groups in total. The Hall–Kier alpha value is -3.08. The first kappa shape index (κ1) is 18.7. The second kappa shape index (κ2) is 8.08. The lowest BCUT2D eigenvalue weighted by molar-refractivity contribution is -0.137. The largest absolute Gasteiger partial charge is 0.494 e. The zero-order chi connectivity index (χ0) is 19.4. The smallest absolute Gasteiger partial charge is 0.277 e. The summed E-state index contributed by atoms with van der Waals surface area (Å²) in [6, 6.07) is 17.2. The SMILES string of the molecule is CCOc1ccc(C2=C(N(C)Cc3ccccc3)C(=O)N(CC)C2=O)cc1. The fourth-order valence-corrected chi connectivity index (χ4v) is 3.29. The Morgan fingerprint density at radius 1 is 0.926 bits per heavy atom. The first-order valence-corrected chi connectivity index (χ1v) is 9.15. The van der Waals surface area contributed by atoms with Gasteiger partial charge >= 0.3 is 0 Å². The summed E-state index contributed by atoms with van der Waals surface area (Å²) in [5.74, 6) is 0.247. The molecule has 2 aromatic carbocycles. The van der Waals surface area contributed by atoms with Crippen LogP contribution in [-0.2, 0) is 16.1 Å². The topological polar surface area (TPSA) is 49.9 Å². The van der Waals surface area contributed by atoms with Crippen LogP contribution in [-0.4, -0.2) is 41.8 Å². The van der Waals surface area contributed by atoms with Crippen molar-refractivity contribution in [2.24, 2.45) is 0 Å². The molecule has 1 aliphatic rings. The molecule has 0 aliphatic carbocycles. The van der Waals surface area contributed by atoms with Gasteiger partial charge < -0.3 is 9.64 Å². The highest BCUT2D eigenvalue weighted by atomic mass is 16.5. The summed E-state index contributed by atoms with van der Waals surface area (Å²) in [7, 11) is 1.85. The lowest BCUT2D eigenvalue weighted by atomic mass is 10.0. The Morgan fingerprint density at radius 3 is 2.19 bits per heavy atom. The fraction of sp³-hybridized carbons (Fsp3) is 0.273. The number of carbonyl (C=O) groups excluding carboxylic acids is 2. The van der Waals surface area contributed by atoms with E-state index in [1.54, 1.807) is 0 Å². The van der Waals surface area contributed by atoms with Gasteiger partial charge in [0, 0.05) is 20.1 Å². The van der Waals surface area contributed by atoms with Gasteiger partial charge in [-0.15, -0.1) is 0 Å². The maximum absolute atomic E-state index is 12.9. The second-order valence-electron chi connectivity index (χ2n) is 6.38. The Labute approximate surface area is 159 Å². The highest BCUT2D eigenvalue weighted by molar-refractivity contribution is 6.35. The number of hydrogen-bond acceptors (Lipinski definition) is 4. The highest BCUT2D eigenvalue weighted by Gasteiger charge is 2.39. The molecule has 0 saturated heterocycles. The van der Waals surface area contributed by atoms with Crippen LogP contribution < -0.4 is 4.74 Å². The van der Waals surface area contributed by atoms with Gasteiger partial charge in [0.25, 0.3) is 11.8 Å². The summed E-state index contributed by atoms with van der Waals surface area (Å²) in [4.78, 5) is 29.0. The zero-order valence-electron chi connectivity index (χ0n) is 15.9. The summed E-state index contributed by atoms with van der Waals surface area (Å²) in [6.45, 7) is 5.21. The van der Waals surface area contributed by atoms with Crippen LogP contribution in [0.4, 0.5) is 0 Å². The molecule has 5 heteroatoms. The Morgan fingerprint density at radius 2 is 1.59 bits per heavy atom. The molecule has 0 spiro atoms. The van der Waals surface area contributed by atoms with Crippen LogP contribution in [0.2, 0.25) is 0 Å². The highest BCUT2D eigenvalue weighted by Crippen LogP contribution is 2.32. The number of rotatable bonds is 7. The molecule has 27 heavy (non-hydrogen) atoms. The van der Waals surface area contributed by atoms with Crippen molar-refractivity contribution in [1.82, 2.24) is 9.80 Å². The third-order valence-corrected chi connectivity index (χ3v) is 4.56. The van der Waals surface area contributed by atoms with E-state index in [-0.39, 0.29) is 11.8 Å². The maximum Gasteiger partial charge on any atom is 0.277 e. The second-order valence-corrected chi connectivity index (χ2v) is 6.38. The molecule has 0 unspecified atom stereocenters. The molecular formula is C22H24N2O3. The third kappa shape index (κ3) is 3.72. The van der Waals surface area contributed by atoms with E-state index in [1.807, 2.05) is 80.4 Å². The Balaban J connectivity index is 2.00. The minimum Gasteiger partial charge on any atom is -0.494 e. The van der Waals surface area contributed by atoms with Gasteiger partial charge in [0.1, 0.15) is 11.4 Å². The predicted molar refractivity (Wildman–Crippen MR) is 105 cm³/mol. The Bertz CT molecular complexity index is 857. The number of ether oxygens (including phenoxy) is 1. The van der Waals surface area contributed by atoms with Crippen molar-refractivity contribution in [2.45, 2.75) is 20.4 Å². The van der Waals surface area contributed by atoms with Gasteiger partial charge in [-0.2, -0.15) is 0 Å². The summed E-state index contributed by atoms with van der Waals surface area (Å²) >= 11 is 0. The van der Waals surface area contributed by atoms with Gasteiger partial charge in [0.05, 0.1) is 12.2 Å². The van der Waals surface area contributed by atoms with Crippen LogP contribution in [0.3, 0.4) is 0 Å². The lowest BCUT2D eigenvalue weighted by Gasteiger charge is -2.21. The first-order valence-electron chi connectivity index (χ1n) is 9.15. The molecule has 2 amide bonds. The van der Waals surface area contributed by atoms with E-state index in [4.69, 9.17) is 4.74 Å². The van der Waals surface area contributed by atoms with Crippen LogP contribution in [0.25, 0.3) is 5.57 Å². The molecule has 0 radical (unpaired) electrons. The van der Waals surface area contributed by atoms with Gasteiger partial charge in [-0.1, -0.05) is 42.5 Å². The molecular weight excluding hydrogens is 340 g/mol. The average Bonchev–Trinajstić information content (AvgIpc) is 2.93. The van der Waals surface area contributed by atoms with Crippen molar-refractivity contribution >= 4 is 17.4 Å². The minimum atomic E-state index is -0.249. The molecule has 0 bridgehead atoms. The van der Waals surface area contributed by atoms with E-state index in [0.717, 1.165) is 16.9 Å². The molecule has 0 aromatic heterocycles. The van der Waals surface area contributed by atoms with Crippen LogP contribution in [0.5, 0.6) is 5.75 Å². The first-order chi connectivity index (χ1) is 13.1. The maximum atomic E-state index is 12.9. The van der Waals surface area contributed by atoms with Crippen LogP contribution in [0, 0.1) is 0 Å². The van der Waals surface area contributed by atoms with Crippen molar-refractivity contribution in [1.29, 1.82) is 0 Å². The van der Waals surface area contributed by atoms with E-state index in [0.29, 0.717) is 31.0 Å². The van der Waals surface area contributed by atoms with Crippen molar-refractivity contribution in [3.05, 3.63) is 71.4 Å². The van der Waals surface area contributed by atoms with Gasteiger partial charge in [0.2, 0.25) is 0 Å². The van der Waals surface area contributed by atoms with Gasteiger partial charge in [-0.25, -0.2) is 0 Å². The van der Waals surface area contributed by atoms with Crippen molar-refractivity contribution in [3.63, 3.8) is 0 Å². The normalized spacial score (nSPS) is 14.1. The zero-order valence-corrected chi connectivity index (χ0v) is 15.9. The van der Waals surface area contributed by atoms with Gasteiger partial charge in [0.15, 0.2) is 0 Å². The molecule has 140 valence electrons. The van der Waals surface area contributed by atoms with Crippen molar-refractivity contribution in [2.75, 3.05) is 20.2 Å². The summed E-state index contributed by atoms with van der Waals surface area (Å²) in [5, 5.41) is 0. The standard InChI is InChI=1S/C22H24N2O3/c1-4-24-21(25)19(17-11-13-18(14-12-17)27-5-2)20(22(24)26)23(3)15-16-9-7-6-8-10-16/h6-14H,4-5,15H2,1-3H3. The number of benzene rings is 2. The quantitative estimate of drug-likeness (QED) is 0.707. The third-order valence-electron chi connectivity index (χ3n) is 4.56. The lowest BCUT2D eigenvalue weighted by Crippen LogP contribution is -2.33. The van der Waals surface area contributed by atoms with Gasteiger partial charge in [-0.3, -0.25) is 14.5 Å². The van der Waals surface area contributed by atoms with E-state index in [1.165, 1.54) is 4.90 Å². The molecule has 1 heterocycles. The molecule has 2 aromatic rings. The molecule has 1 aliphatic heterocycles. The molecule has 5 nitrogen and oxygen atoms in total. The van der Waals surface area contributed by atoms with E-state index in [9.17, 15) is 9.59 Å². The number of nitrogens with zero attached hydrogens (tertiary/aromatic N) is 2. The molecule has 0 saturated carbocycles. The van der Waals surface area contributed by atoms with E-state index < -0.39 is 0 Å². The number of carbonyl (C=O) groups is 2. The van der Waals surface area contributed by atoms with Gasteiger partial charge in [-0.05, 0) is 37.1 Å². The molecule has 0 fully saturated rings. The summed E-state index contributed by atoms with van der Waals surface area (Å²) < 4.78 is 5.48.